The minimum atomic E-state index is 0.0788. The summed E-state index contributed by atoms with van der Waals surface area (Å²) in [5.41, 5.74) is 0. The molecule has 0 aliphatic carbocycles. The van der Waals surface area contributed by atoms with Crippen LogP contribution in [0.1, 0.15) is 13.8 Å². The molecule has 0 unspecified atom stereocenters. The van der Waals surface area contributed by atoms with Crippen LogP contribution in [-0.2, 0) is 0 Å². The van der Waals surface area contributed by atoms with Gasteiger partial charge in [-0.2, -0.15) is 0 Å². The lowest BCUT2D eigenvalue weighted by Crippen LogP contribution is -2.15. The van der Waals surface area contributed by atoms with E-state index in [9.17, 15) is 0 Å². The zero-order valence-electron chi connectivity index (χ0n) is 7.68. The first-order valence-electron chi connectivity index (χ1n) is 4.04. The molecule has 0 aliphatic heterocycles. The third-order valence-electron chi connectivity index (χ3n) is 1.53. The summed E-state index contributed by atoms with van der Waals surface area (Å²) < 4.78 is 0.0788. The van der Waals surface area contributed by atoms with E-state index in [0.717, 1.165) is 5.02 Å². The van der Waals surface area contributed by atoms with E-state index in [1.54, 1.807) is 11.8 Å². The zero-order valence-corrected chi connectivity index (χ0v) is 10.0. The van der Waals surface area contributed by atoms with Crippen LogP contribution < -0.4 is 0 Å². The van der Waals surface area contributed by atoms with Gasteiger partial charge in [-0.1, -0.05) is 11.6 Å². The van der Waals surface area contributed by atoms with Gasteiger partial charge in [-0.05, 0) is 38.1 Å². The first kappa shape index (κ1) is 11.2. The molecular weight excluding hydrogens is 223 g/mol. The lowest BCUT2D eigenvalue weighted by atomic mass is 10.2. The van der Waals surface area contributed by atoms with Crippen molar-refractivity contribution < 1.29 is 0 Å². The number of benzene rings is 1. The van der Waals surface area contributed by atoms with Crippen LogP contribution in [0.2, 0.25) is 5.02 Å². The standard InChI is InChI=1S/C10H12Cl2S/c1-10(2,7-11)13-9-5-3-8(12)4-6-9/h3-6H,7H2,1-2H3. The van der Waals surface area contributed by atoms with Gasteiger partial charge in [0, 0.05) is 20.5 Å². The van der Waals surface area contributed by atoms with Gasteiger partial charge in [0.25, 0.3) is 0 Å². The molecule has 3 heteroatoms. The summed E-state index contributed by atoms with van der Waals surface area (Å²) in [4.78, 5) is 1.20. The van der Waals surface area contributed by atoms with E-state index in [1.165, 1.54) is 4.90 Å². The number of alkyl halides is 1. The number of hydrogen-bond acceptors (Lipinski definition) is 1. The molecule has 1 rings (SSSR count). The molecule has 0 amide bonds. The maximum atomic E-state index is 5.83. The molecule has 0 radical (unpaired) electrons. The highest BCUT2D eigenvalue weighted by molar-refractivity contribution is 8.00. The summed E-state index contributed by atoms with van der Waals surface area (Å²) in [5.74, 6) is 0.639. The summed E-state index contributed by atoms with van der Waals surface area (Å²) >= 11 is 13.4. The van der Waals surface area contributed by atoms with Crippen molar-refractivity contribution in [1.29, 1.82) is 0 Å². The van der Waals surface area contributed by atoms with Crippen molar-refractivity contribution in [3.05, 3.63) is 29.3 Å². The van der Waals surface area contributed by atoms with Crippen molar-refractivity contribution in [2.75, 3.05) is 5.88 Å². The van der Waals surface area contributed by atoms with Crippen LogP contribution >= 0.6 is 35.0 Å². The predicted octanol–water partition coefficient (Wildman–Crippen LogP) is 4.45. The summed E-state index contributed by atoms with van der Waals surface area (Å²) in [6.07, 6.45) is 0. The average Bonchev–Trinajstić information content (AvgIpc) is 2.09. The van der Waals surface area contributed by atoms with Crippen LogP contribution in [0.4, 0.5) is 0 Å². The van der Waals surface area contributed by atoms with Gasteiger partial charge in [-0.15, -0.1) is 23.4 Å². The molecular formula is C10H12Cl2S. The topological polar surface area (TPSA) is 0 Å². The second kappa shape index (κ2) is 4.59. The molecule has 0 heterocycles. The van der Waals surface area contributed by atoms with E-state index in [-0.39, 0.29) is 4.75 Å². The lowest BCUT2D eigenvalue weighted by Gasteiger charge is -2.20. The Hall–Kier alpha value is 0.150. The fourth-order valence-electron chi connectivity index (χ4n) is 0.849. The number of halogens is 2. The van der Waals surface area contributed by atoms with Gasteiger partial charge in [-0.25, -0.2) is 0 Å². The van der Waals surface area contributed by atoms with E-state index < -0.39 is 0 Å². The number of rotatable bonds is 3. The Morgan fingerprint density at radius 3 is 2.23 bits per heavy atom. The molecule has 0 fully saturated rings. The maximum absolute atomic E-state index is 5.83. The predicted molar refractivity (Wildman–Crippen MR) is 62.1 cm³/mol. The van der Waals surface area contributed by atoms with E-state index >= 15 is 0 Å². The largest absolute Gasteiger partial charge is 0.125 e. The van der Waals surface area contributed by atoms with Gasteiger partial charge in [0.15, 0.2) is 0 Å². The minimum absolute atomic E-state index is 0.0788. The van der Waals surface area contributed by atoms with Crippen LogP contribution in [0.25, 0.3) is 0 Å². The monoisotopic (exact) mass is 234 g/mol. The highest BCUT2D eigenvalue weighted by atomic mass is 35.5. The van der Waals surface area contributed by atoms with E-state index in [2.05, 4.69) is 13.8 Å². The van der Waals surface area contributed by atoms with Crippen molar-refractivity contribution in [1.82, 2.24) is 0 Å². The summed E-state index contributed by atoms with van der Waals surface area (Å²) in [5, 5.41) is 0.771. The van der Waals surface area contributed by atoms with Gasteiger partial charge in [0.2, 0.25) is 0 Å². The zero-order chi connectivity index (χ0) is 9.90. The first-order chi connectivity index (χ1) is 6.03. The molecule has 1 aromatic carbocycles. The second-order valence-electron chi connectivity index (χ2n) is 3.45. The van der Waals surface area contributed by atoms with Gasteiger partial charge in [0.1, 0.15) is 0 Å². The van der Waals surface area contributed by atoms with Gasteiger partial charge in [0.05, 0.1) is 0 Å². The van der Waals surface area contributed by atoms with E-state index in [1.807, 2.05) is 24.3 Å². The molecule has 13 heavy (non-hydrogen) atoms. The quantitative estimate of drug-likeness (QED) is 0.551. The Morgan fingerprint density at radius 1 is 1.23 bits per heavy atom. The normalized spacial score (nSPS) is 11.7. The van der Waals surface area contributed by atoms with Gasteiger partial charge in [-0.3, -0.25) is 0 Å². The molecule has 0 bridgehead atoms. The molecule has 1 aromatic rings. The van der Waals surface area contributed by atoms with Crippen LogP contribution in [-0.4, -0.2) is 10.6 Å². The van der Waals surface area contributed by atoms with Crippen molar-refractivity contribution >= 4 is 35.0 Å². The Kier molecular flexibility index (Phi) is 3.96. The van der Waals surface area contributed by atoms with E-state index in [0.29, 0.717) is 5.88 Å². The Labute approximate surface area is 93.6 Å². The molecule has 72 valence electrons. The van der Waals surface area contributed by atoms with Crippen molar-refractivity contribution in [3.8, 4) is 0 Å². The van der Waals surface area contributed by atoms with Gasteiger partial charge < -0.3 is 0 Å². The average molecular weight is 235 g/mol. The highest BCUT2D eigenvalue weighted by Crippen LogP contribution is 2.33. The molecule has 0 saturated carbocycles. The third-order valence-corrected chi connectivity index (χ3v) is 3.81. The van der Waals surface area contributed by atoms with E-state index in [4.69, 9.17) is 23.2 Å². The Bertz CT molecular complexity index is 267. The van der Waals surface area contributed by atoms with Gasteiger partial charge >= 0.3 is 0 Å². The molecule has 0 spiro atoms. The summed E-state index contributed by atoms with van der Waals surface area (Å²) in [7, 11) is 0. The smallest absolute Gasteiger partial charge is 0.0406 e. The summed E-state index contributed by atoms with van der Waals surface area (Å²) in [6, 6.07) is 7.82. The van der Waals surface area contributed by atoms with Crippen LogP contribution in [0, 0.1) is 0 Å². The SMILES string of the molecule is CC(C)(CCl)Sc1ccc(Cl)cc1. The third kappa shape index (κ3) is 3.80. The fraction of sp³-hybridized carbons (Fsp3) is 0.400. The summed E-state index contributed by atoms with van der Waals surface area (Å²) in [6.45, 7) is 4.25. The minimum Gasteiger partial charge on any atom is -0.125 e. The first-order valence-corrected chi connectivity index (χ1v) is 5.77. The second-order valence-corrected chi connectivity index (χ2v) is 5.93. The molecule has 0 aromatic heterocycles. The number of thioether (sulfide) groups is 1. The van der Waals surface area contributed by atoms with Crippen molar-refractivity contribution in [2.45, 2.75) is 23.5 Å². The van der Waals surface area contributed by atoms with Crippen LogP contribution in [0.15, 0.2) is 29.2 Å². The molecule has 0 N–H and O–H groups in total. The van der Waals surface area contributed by atoms with Crippen molar-refractivity contribution in [3.63, 3.8) is 0 Å². The van der Waals surface area contributed by atoms with Crippen LogP contribution in [0.5, 0.6) is 0 Å². The molecule has 0 aliphatic rings. The molecule has 0 saturated heterocycles. The fourth-order valence-corrected chi connectivity index (χ4v) is 2.10. The highest BCUT2D eigenvalue weighted by Gasteiger charge is 2.17. The molecule has 0 atom stereocenters. The van der Waals surface area contributed by atoms with Crippen molar-refractivity contribution in [2.24, 2.45) is 0 Å². The maximum Gasteiger partial charge on any atom is 0.0406 e. The lowest BCUT2D eigenvalue weighted by molar-refractivity contribution is 0.811. The van der Waals surface area contributed by atoms with Crippen LogP contribution in [0.3, 0.4) is 0 Å². The Balaban J connectivity index is 2.69. The number of hydrogen-bond donors (Lipinski definition) is 0. The Morgan fingerprint density at radius 2 is 1.77 bits per heavy atom. The molecule has 0 nitrogen and oxygen atoms in total.